The van der Waals surface area contributed by atoms with E-state index in [0.29, 0.717) is 6.61 Å². The molecular formula is C22H28N4OS. The van der Waals surface area contributed by atoms with Crippen LogP contribution >= 0.6 is 11.3 Å². The van der Waals surface area contributed by atoms with Gasteiger partial charge in [-0.2, -0.15) is 5.10 Å². The summed E-state index contributed by atoms with van der Waals surface area (Å²) in [7, 11) is 0. The van der Waals surface area contributed by atoms with E-state index < -0.39 is 0 Å². The van der Waals surface area contributed by atoms with Gasteiger partial charge in [0.05, 0.1) is 23.1 Å². The number of aromatic nitrogens is 3. The normalized spacial score (nSPS) is 18.9. The van der Waals surface area contributed by atoms with Gasteiger partial charge >= 0.3 is 0 Å². The van der Waals surface area contributed by atoms with Crippen LogP contribution in [0.3, 0.4) is 0 Å². The molecule has 5 nitrogen and oxygen atoms in total. The van der Waals surface area contributed by atoms with E-state index in [1.165, 1.54) is 58.0 Å². The molecule has 0 saturated carbocycles. The van der Waals surface area contributed by atoms with Crippen LogP contribution in [0.15, 0.2) is 6.20 Å². The Hall–Kier alpha value is -1.79. The summed E-state index contributed by atoms with van der Waals surface area (Å²) in [5.74, 6) is 1.04. The first-order valence-electron chi connectivity index (χ1n) is 10.5. The minimum Gasteiger partial charge on any atom is -0.371 e. The van der Waals surface area contributed by atoms with Gasteiger partial charge in [-0.15, -0.1) is 16.4 Å². The standard InChI is InChI=1S/C22H28N4OS/c1-4-5-8-16-14-11-22(2,3)27-13-15(14)18-19-17(28-21(18)24-16)12-23-25-20(19)26-9-6-7-10-26/h12H,4-11,13H2,1-3H3. The van der Waals surface area contributed by atoms with E-state index in [1.54, 1.807) is 11.3 Å². The summed E-state index contributed by atoms with van der Waals surface area (Å²) < 4.78 is 7.46. The lowest BCUT2D eigenvalue weighted by atomic mass is 9.88. The molecule has 0 aliphatic carbocycles. The van der Waals surface area contributed by atoms with Crippen molar-refractivity contribution in [3.05, 3.63) is 23.0 Å². The van der Waals surface area contributed by atoms with Crippen molar-refractivity contribution in [1.29, 1.82) is 0 Å². The minimum absolute atomic E-state index is 0.132. The van der Waals surface area contributed by atoms with Crippen LogP contribution in [0.5, 0.6) is 0 Å². The first kappa shape index (κ1) is 18.3. The van der Waals surface area contributed by atoms with Gasteiger partial charge in [-0.25, -0.2) is 4.98 Å². The van der Waals surface area contributed by atoms with Crippen molar-refractivity contribution >= 4 is 37.5 Å². The molecule has 0 unspecified atom stereocenters. The maximum atomic E-state index is 6.27. The average Bonchev–Trinajstić information content (AvgIpc) is 3.32. The second kappa shape index (κ2) is 6.92. The summed E-state index contributed by atoms with van der Waals surface area (Å²) in [5.41, 5.74) is 3.90. The van der Waals surface area contributed by atoms with Crippen molar-refractivity contribution in [3.63, 3.8) is 0 Å². The minimum atomic E-state index is -0.132. The van der Waals surface area contributed by atoms with E-state index in [0.717, 1.165) is 36.6 Å². The molecule has 3 aromatic rings. The molecule has 0 amide bonds. The number of anilines is 1. The van der Waals surface area contributed by atoms with Crippen LogP contribution in [0.2, 0.25) is 0 Å². The highest BCUT2D eigenvalue weighted by atomic mass is 32.1. The molecule has 1 fully saturated rings. The number of thiophene rings is 1. The summed E-state index contributed by atoms with van der Waals surface area (Å²) >= 11 is 1.76. The number of unbranched alkanes of at least 4 members (excludes halogenated alkanes) is 1. The van der Waals surface area contributed by atoms with E-state index in [9.17, 15) is 0 Å². The Labute approximate surface area is 170 Å². The maximum Gasteiger partial charge on any atom is 0.160 e. The molecule has 0 atom stereocenters. The highest BCUT2D eigenvalue weighted by molar-refractivity contribution is 7.25. The lowest BCUT2D eigenvalue weighted by molar-refractivity contribution is -0.0397. The van der Waals surface area contributed by atoms with Crippen molar-refractivity contribution in [2.45, 2.75) is 71.5 Å². The van der Waals surface area contributed by atoms with E-state index in [-0.39, 0.29) is 5.60 Å². The third kappa shape index (κ3) is 2.98. The predicted molar refractivity (Wildman–Crippen MR) is 115 cm³/mol. The summed E-state index contributed by atoms with van der Waals surface area (Å²) in [6.07, 6.45) is 8.72. The van der Waals surface area contributed by atoms with E-state index >= 15 is 0 Å². The van der Waals surface area contributed by atoms with Crippen LogP contribution in [0.1, 0.15) is 63.3 Å². The van der Waals surface area contributed by atoms with Crippen LogP contribution in [0.25, 0.3) is 20.3 Å². The van der Waals surface area contributed by atoms with Crippen LogP contribution in [0.4, 0.5) is 5.82 Å². The number of ether oxygens (including phenoxy) is 1. The molecule has 2 aliphatic heterocycles. The molecule has 5 heterocycles. The number of fused-ring (bicyclic) bond motifs is 5. The average molecular weight is 397 g/mol. The lowest BCUT2D eigenvalue weighted by Gasteiger charge is -2.33. The molecule has 3 aromatic heterocycles. The molecular weight excluding hydrogens is 368 g/mol. The summed E-state index contributed by atoms with van der Waals surface area (Å²) in [4.78, 5) is 8.70. The molecule has 2 aliphatic rings. The third-order valence-corrected chi connectivity index (χ3v) is 7.12. The molecule has 0 bridgehead atoms. The Balaban J connectivity index is 1.78. The topological polar surface area (TPSA) is 51.1 Å². The number of hydrogen-bond acceptors (Lipinski definition) is 6. The number of aryl methyl sites for hydroxylation is 1. The van der Waals surface area contributed by atoms with Gasteiger partial charge in [0.2, 0.25) is 0 Å². The van der Waals surface area contributed by atoms with E-state index in [1.807, 2.05) is 6.20 Å². The Morgan fingerprint density at radius 1 is 1.18 bits per heavy atom. The monoisotopic (exact) mass is 396 g/mol. The second-order valence-electron chi connectivity index (χ2n) is 8.73. The zero-order chi connectivity index (χ0) is 19.3. The van der Waals surface area contributed by atoms with Crippen molar-refractivity contribution in [2.24, 2.45) is 0 Å². The highest BCUT2D eigenvalue weighted by Crippen LogP contribution is 2.44. The lowest BCUT2D eigenvalue weighted by Crippen LogP contribution is -2.33. The molecule has 5 rings (SSSR count). The van der Waals surface area contributed by atoms with Crippen LogP contribution in [-0.2, 0) is 24.2 Å². The molecule has 1 saturated heterocycles. The fraction of sp³-hybridized carbons (Fsp3) is 0.591. The quantitative estimate of drug-likeness (QED) is 0.619. The van der Waals surface area contributed by atoms with Gasteiger partial charge in [0.1, 0.15) is 4.83 Å². The van der Waals surface area contributed by atoms with Gasteiger partial charge in [-0.3, -0.25) is 0 Å². The van der Waals surface area contributed by atoms with Gasteiger partial charge in [0.25, 0.3) is 0 Å². The Morgan fingerprint density at radius 3 is 2.79 bits per heavy atom. The highest BCUT2D eigenvalue weighted by Gasteiger charge is 2.32. The Morgan fingerprint density at radius 2 is 2.00 bits per heavy atom. The molecule has 0 N–H and O–H groups in total. The van der Waals surface area contributed by atoms with Crippen LogP contribution in [0, 0.1) is 0 Å². The fourth-order valence-electron chi connectivity index (χ4n) is 4.62. The van der Waals surface area contributed by atoms with Crippen molar-refractivity contribution < 1.29 is 4.74 Å². The third-order valence-electron chi connectivity index (χ3n) is 6.10. The van der Waals surface area contributed by atoms with Crippen LogP contribution < -0.4 is 4.90 Å². The van der Waals surface area contributed by atoms with Crippen LogP contribution in [-0.4, -0.2) is 33.9 Å². The Bertz CT molecular complexity index is 1040. The van der Waals surface area contributed by atoms with E-state index in [4.69, 9.17) is 9.72 Å². The molecule has 148 valence electrons. The number of rotatable bonds is 4. The van der Waals surface area contributed by atoms with Gasteiger partial charge < -0.3 is 9.64 Å². The van der Waals surface area contributed by atoms with Gasteiger partial charge in [-0.05, 0) is 50.7 Å². The summed E-state index contributed by atoms with van der Waals surface area (Å²) in [6.45, 7) is 9.43. The van der Waals surface area contributed by atoms with Crippen molar-refractivity contribution in [1.82, 2.24) is 15.2 Å². The number of pyridine rings is 1. The molecule has 0 radical (unpaired) electrons. The van der Waals surface area contributed by atoms with Gasteiger partial charge in [-0.1, -0.05) is 13.3 Å². The van der Waals surface area contributed by atoms with Gasteiger partial charge in [0, 0.05) is 36.0 Å². The smallest absolute Gasteiger partial charge is 0.160 e. The summed E-state index contributed by atoms with van der Waals surface area (Å²) in [6, 6.07) is 0. The van der Waals surface area contributed by atoms with Gasteiger partial charge in [0.15, 0.2) is 5.82 Å². The molecule has 0 aromatic carbocycles. The first-order chi connectivity index (χ1) is 13.6. The predicted octanol–water partition coefficient (Wildman–Crippen LogP) is 5.03. The SMILES string of the molecule is CCCCc1nc2sc3cnnc(N4CCCC4)c3c2c2c1CC(C)(C)OC2. The molecule has 28 heavy (non-hydrogen) atoms. The zero-order valence-corrected chi connectivity index (χ0v) is 17.9. The van der Waals surface area contributed by atoms with Crippen molar-refractivity contribution in [3.8, 4) is 0 Å². The summed E-state index contributed by atoms with van der Waals surface area (Å²) in [5, 5.41) is 11.4. The fourth-order valence-corrected chi connectivity index (χ4v) is 5.71. The molecule has 6 heteroatoms. The Kier molecular flexibility index (Phi) is 4.51. The zero-order valence-electron chi connectivity index (χ0n) is 17.0. The number of hydrogen-bond donors (Lipinski definition) is 0. The largest absolute Gasteiger partial charge is 0.371 e. The number of nitrogens with zero attached hydrogens (tertiary/aromatic N) is 4. The first-order valence-corrected chi connectivity index (χ1v) is 11.4. The maximum absolute atomic E-state index is 6.27. The molecule has 0 spiro atoms. The van der Waals surface area contributed by atoms with Crippen molar-refractivity contribution in [2.75, 3.05) is 18.0 Å². The second-order valence-corrected chi connectivity index (χ2v) is 9.76. The van der Waals surface area contributed by atoms with E-state index in [2.05, 4.69) is 35.9 Å².